The highest BCUT2D eigenvalue weighted by atomic mass is 19.1. The predicted octanol–water partition coefficient (Wildman–Crippen LogP) is 1.78. The second-order valence-electron chi connectivity index (χ2n) is 6.61. The summed E-state index contributed by atoms with van der Waals surface area (Å²) in [6.45, 7) is 4.09. The summed E-state index contributed by atoms with van der Waals surface area (Å²) in [7, 11) is 3.24. The van der Waals surface area contributed by atoms with Crippen molar-refractivity contribution in [3.63, 3.8) is 0 Å². The van der Waals surface area contributed by atoms with E-state index < -0.39 is 6.04 Å². The van der Waals surface area contributed by atoms with Gasteiger partial charge in [-0.2, -0.15) is 0 Å². The molecule has 1 aliphatic heterocycles. The Morgan fingerprint density at radius 2 is 2.23 bits per heavy atom. The number of nitrogens with one attached hydrogen (secondary N) is 1. The van der Waals surface area contributed by atoms with Crippen LogP contribution in [-0.2, 0) is 16.1 Å². The molecule has 1 saturated heterocycles. The van der Waals surface area contributed by atoms with Gasteiger partial charge in [-0.25, -0.2) is 4.39 Å². The van der Waals surface area contributed by atoms with Crippen molar-refractivity contribution in [1.82, 2.24) is 15.1 Å². The normalized spacial score (nSPS) is 17.7. The van der Waals surface area contributed by atoms with E-state index in [-0.39, 0.29) is 30.6 Å². The fourth-order valence-electron chi connectivity index (χ4n) is 3.02. The van der Waals surface area contributed by atoms with Gasteiger partial charge in [0.05, 0.1) is 19.6 Å². The van der Waals surface area contributed by atoms with Gasteiger partial charge >= 0.3 is 0 Å². The fourth-order valence-corrected chi connectivity index (χ4v) is 3.02. The first-order chi connectivity index (χ1) is 12.5. The molecule has 0 saturated carbocycles. The molecule has 2 amide bonds. The minimum atomic E-state index is -0.582. The van der Waals surface area contributed by atoms with Gasteiger partial charge in [-0.15, -0.1) is 0 Å². The molecule has 0 aliphatic carbocycles. The van der Waals surface area contributed by atoms with Gasteiger partial charge in [0.25, 0.3) is 0 Å². The van der Waals surface area contributed by atoms with Gasteiger partial charge in [0.2, 0.25) is 11.8 Å². The summed E-state index contributed by atoms with van der Waals surface area (Å²) < 4.78 is 19.3. The number of piperazine rings is 1. The van der Waals surface area contributed by atoms with E-state index in [2.05, 4.69) is 12.2 Å². The largest absolute Gasteiger partial charge is 0.497 e. The first-order valence-electron chi connectivity index (χ1n) is 9.04. The van der Waals surface area contributed by atoms with Crippen LogP contribution < -0.4 is 10.1 Å². The Balaban J connectivity index is 2.07. The van der Waals surface area contributed by atoms with Crippen LogP contribution in [0.2, 0.25) is 0 Å². The second-order valence-corrected chi connectivity index (χ2v) is 6.61. The molecule has 26 heavy (non-hydrogen) atoms. The SMILES string of the molecule is CCCCN(C)C(=O)CC1C(=O)NCCN1Cc1ccc(OC)cc1F. The Morgan fingerprint density at radius 1 is 1.46 bits per heavy atom. The van der Waals surface area contributed by atoms with E-state index in [1.165, 1.54) is 13.2 Å². The van der Waals surface area contributed by atoms with Crippen molar-refractivity contribution in [3.8, 4) is 5.75 Å². The number of hydrogen-bond acceptors (Lipinski definition) is 4. The van der Waals surface area contributed by atoms with E-state index in [9.17, 15) is 14.0 Å². The summed E-state index contributed by atoms with van der Waals surface area (Å²) >= 11 is 0. The van der Waals surface area contributed by atoms with E-state index in [0.717, 1.165) is 12.8 Å². The summed E-state index contributed by atoms with van der Waals surface area (Å²) in [5.74, 6) is -0.171. The van der Waals surface area contributed by atoms with E-state index >= 15 is 0 Å². The highest BCUT2D eigenvalue weighted by Crippen LogP contribution is 2.20. The Morgan fingerprint density at radius 3 is 2.88 bits per heavy atom. The quantitative estimate of drug-likeness (QED) is 0.763. The molecular weight excluding hydrogens is 337 g/mol. The van der Waals surface area contributed by atoms with Crippen LogP contribution in [0.4, 0.5) is 4.39 Å². The maximum Gasteiger partial charge on any atom is 0.237 e. The molecule has 1 N–H and O–H groups in total. The Hall–Kier alpha value is -2.15. The third kappa shape index (κ3) is 5.17. The van der Waals surface area contributed by atoms with Crippen molar-refractivity contribution < 1.29 is 18.7 Å². The average Bonchev–Trinajstić information content (AvgIpc) is 2.63. The third-order valence-corrected chi connectivity index (χ3v) is 4.72. The molecule has 1 aliphatic rings. The molecule has 1 atom stereocenters. The number of benzene rings is 1. The van der Waals surface area contributed by atoms with Crippen LogP contribution in [0.25, 0.3) is 0 Å². The molecule has 0 bridgehead atoms. The molecule has 7 heteroatoms. The van der Waals surface area contributed by atoms with Crippen molar-refractivity contribution in [3.05, 3.63) is 29.6 Å². The lowest BCUT2D eigenvalue weighted by molar-refractivity contribution is -0.138. The third-order valence-electron chi connectivity index (χ3n) is 4.72. The zero-order chi connectivity index (χ0) is 19.1. The zero-order valence-corrected chi connectivity index (χ0v) is 15.8. The monoisotopic (exact) mass is 365 g/mol. The van der Waals surface area contributed by atoms with Gasteiger partial charge in [-0.3, -0.25) is 14.5 Å². The minimum Gasteiger partial charge on any atom is -0.497 e. The smallest absolute Gasteiger partial charge is 0.237 e. The van der Waals surface area contributed by atoms with Crippen LogP contribution in [0.3, 0.4) is 0 Å². The highest BCUT2D eigenvalue weighted by Gasteiger charge is 2.32. The molecule has 0 spiro atoms. The predicted molar refractivity (Wildman–Crippen MR) is 97.3 cm³/mol. The Kier molecular flexibility index (Phi) is 7.38. The lowest BCUT2D eigenvalue weighted by Crippen LogP contribution is -2.56. The van der Waals surface area contributed by atoms with Crippen molar-refractivity contribution in [2.45, 2.75) is 38.8 Å². The lowest BCUT2D eigenvalue weighted by Gasteiger charge is -2.35. The van der Waals surface area contributed by atoms with Crippen molar-refractivity contribution in [2.75, 3.05) is 33.8 Å². The van der Waals surface area contributed by atoms with Crippen molar-refractivity contribution in [1.29, 1.82) is 0 Å². The molecule has 1 heterocycles. The van der Waals surface area contributed by atoms with Crippen molar-refractivity contribution in [2.24, 2.45) is 0 Å². The number of hydrogen-bond donors (Lipinski definition) is 1. The lowest BCUT2D eigenvalue weighted by atomic mass is 10.1. The Bertz CT molecular complexity index is 638. The zero-order valence-electron chi connectivity index (χ0n) is 15.8. The maximum absolute atomic E-state index is 14.3. The first-order valence-corrected chi connectivity index (χ1v) is 9.04. The topological polar surface area (TPSA) is 61.9 Å². The molecule has 1 aromatic rings. The molecule has 2 rings (SSSR count). The van der Waals surface area contributed by atoms with Crippen LogP contribution in [0.5, 0.6) is 5.75 Å². The summed E-state index contributed by atoms with van der Waals surface area (Å²) in [5, 5.41) is 2.80. The molecule has 1 unspecified atom stereocenters. The molecule has 0 radical (unpaired) electrons. The molecular formula is C19H28FN3O3. The molecule has 1 fully saturated rings. The number of amides is 2. The van der Waals surface area contributed by atoms with Gasteiger partial charge < -0.3 is 15.0 Å². The van der Waals surface area contributed by atoms with E-state index in [4.69, 9.17) is 4.74 Å². The van der Waals surface area contributed by atoms with E-state index in [1.807, 2.05) is 4.90 Å². The van der Waals surface area contributed by atoms with Gasteiger partial charge in [0.15, 0.2) is 0 Å². The second kappa shape index (κ2) is 9.52. The van der Waals surface area contributed by atoms with Gasteiger partial charge in [0, 0.05) is 44.9 Å². The summed E-state index contributed by atoms with van der Waals surface area (Å²) in [6, 6.07) is 4.10. The summed E-state index contributed by atoms with van der Waals surface area (Å²) in [6.07, 6.45) is 2.04. The maximum atomic E-state index is 14.3. The van der Waals surface area contributed by atoms with E-state index in [0.29, 0.717) is 30.9 Å². The summed E-state index contributed by atoms with van der Waals surface area (Å²) in [4.78, 5) is 28.3. The number of carbonyl (C=O) groups excluding carboxylic acids is 2. The molecule has 1 aromatic carbocycles. The average molecular weight is 365 g/mol. The first kappa shape index (κ1) is 20.2. The number of rotatable bonds is 8. The number of nitrogens with zero attached hydrogens (tertiary/aromatic N) is 2. The molecule has 6 nitrogen and oxygen atoms in total. The Labute approximate surface area is 154 Å². The van der Waals surface area contributed by atoms with Crippen LogP contribution in [0.1, 0.15) is 31.7 Å². The van der Waals surface area contributed by atoms with E-state index in [1.54, 1.807) is 24.1 Å². The van der Waals surface area contributed by atoms with Crippen LogP contribution >= 0.6 is 0 Å². The van der Waals surface area contributed by atoms with Crippen molar-refractivity contribution >= 4 is 11.8 Å². The van der Waals surface area contributed by atoms with Gasteiger partial charge in [-0.1, -0.05) is 19.4 Å². The molecule has 144 valence electrons. The highest BCUT2D eigenvalue weighted by molar-refractivity contribution is 5.88. The number of methoxy groups -OCH3 is 1. The number of halogens is 1. The fraction of sp³-hybridized carbons (Fsp3) is 0.579. The number of unbranched alkanes of at least 4 members (excludes halogenated alkanes) is 1. The minimum absolute atomic E-state index is 0.0688. The number of ether oxygens (including phenoxy) is 1. The number of carbonyl (C=O) groups is 2. The molecule has 0 aromatic heterocycles. The summed E-state index contributed by atoms with van der Waals surface area (Å²) in [5.41, 5.74) is 0.484. The van der Waals surface area contributed by atoms with Crippen LogP contribution in [-0.4, -0.2) is 61.4 Å². The van der Waals surface area contributed by atoms with Crippen LogP contribution in [0.15, 0.2) is 18.2 Å². The van der Waals surface area contributed by atoms with Gasteiger partial charge in [0.1, 0.15) is 11.6 Å². The van der Waals surface area contributed by atoms with Gasteiger partial charge in [-0.05, 0) is 12.5 Å². The van der Waals surface area contributed by atoms with Crippen LogP contribution in [0, 0.1) is 5.82 Å². The standard InChI is InChI=1S/C19H28FN3O3/c1-4-5-9-22(2)18(24)12-17-19(25)21-8-10-23(17)13-14-6-7-15(26-3)11-16(14)20/h6-7,11,17H,4-5,8-10,12-13H2,1-3H3,(H,21,25).